The number of aliphatic hydroxyl groups is 1. The van der Waals surface area contributed by atoms with Crippen molar-refractivity contribution in [1.82, 2.24) is 19.5 Å². The lowest BCUT2D eigenvalue weighted by molar-refractivity contribution is 0.124. The van der Waals surface area contributed by atoms with E-state index in [2.05, 4.69) is 15.3 Å². The number of aliphatic hydroxyl groups excluding tert-OH is 1. The number of aromatic nitrogens is 4. The molecule has 4 aromatic rings. The van der Waals surface area contributed by atoms with Crippen LogP contribution < -0.4 is 5.32 Å². The SMILES string of the molecule is O[C@@H]1CCC[C@@H](Nc2ccc3ncn(-c4ccnc(-c5ccc(F)cc5)c4)c3n2)C1. The first-order chi connectivity index (χ1) is 14.7. The van der Waals surface area contributed by atoms with Crippen LogP contribution in [0.1, 0.15) is 25.7 Å². The van der Waals surface area contributed by atoms with E-state index in [9.17, 15) is 9.50 Å². The lowest BCUT2D eigenvalue weighted by atomic mass is 9.93. The summed E-state index contributed by atoms with van der Waals surface area (Å²) in [6.45, 7) is 0. The van der Waals surface area contributed by atoms with Gasteiger partial charge in [0.2, 0.25) is 0 Å². The number of nitrogens with one attached hydrogen (secondary N) is 1. The molecule has 0 radical (unpaired) electrons. The lowest BCUT2D eigenvalue weighted by Crippen LogP contribution is -2.30. The summed E-state index contributed by atoms with van der Waals surface area (Å²) in [5.41, 5.74) is 4.01. The van der Waals surface area contributed by atoms with Gasteiger partial charge in [-0.3, -0.25) is 9.55 Å². The summed E-state index contributed by atoms with van der Waals surface area (Å²) in [5.74, 6) is 0.501. The Hall–Kier alpha value is -3.32. The molecule has 1 aliphatic rings. The molecule has 1 aromatic carbocycles. The largest absolute Gasteiger partial charge is 0.393 e. The number of rotatable bonds is 4. The summed E-state index contributed by atoms with van der Waals surface area (Å²) in [6.07, 6.45) is 6.89. The van der Waals surface area contributed by atoms with Crippen LogP contribution in [-0.2, 0) is 0 Å². The van der Waals surface area contributed by atoms with Crippen molar-refractivity contribution >= 4 is 17.0 Å². The lowest BCUT2D eigenvalue weighted by Gasteiger charge is -2.27. The number of hydrogen-bond acceptors (Lipinski definition) is 5. The quantitative estimate of drug-likeness (QED) is 0.530. The Morgan fingerprint density at radius 1 is 1.03 bits per heavy atom. The Morgan fingerprint density at radius 2 is 1.90 bits per heavy atom. The third kappa shape index (κ3) is 3.76. The average Bonchev–Trinajstić information content (AvgIpc) is 3.18. The van der Waals surface area contributed by atoms with Crippen LogP contribution in [0.3, 0.4) is 0 Å². The third-order valence-electron chi connectivity index (χ3n) is 5.56. The zero-order valence-electron chi connectivity index (χ0n) is 16.4. The first kappa shape index (κ1) is 18.7. The molecule has 3 heterocycles. The fourth-order valence-corrected chi connectivity index (χ4v) is 4.02. The van der Waals surface area contributed by atoms with Crippen LogP contribution in [0.5, 0.6) is 0 Å². The molecule has 7 heteroatoms. The molecule has 0 bridgehead atoms. The van der Waals surface area contributed by atoms with Crippen LogP contribution >= 0.6 is 0 Å². The molecule has 6 nitrogen and oxygen atoms in total. The zero-order valence-corrected chi connectivity index (χ0v) is 16.4. The molecule has 2 N–H and O–H groups in total. The normalized spacial score (nSPS) is 19.1. The van der Waals surface area contributed by atoms with Crippen LogP contribution in [0.2, 0.25) is 0 Å². The van der Waals surface area contributed by atoms with Gasteiger partial charge in [0.25, 0.3) is 0 Å². The molecule has 3 aromatic heterocycles. The number of fused-ring (bicyclic) bond motifs is 1. The fourth-order valence-electron chi connectivity index (χ4n) is 4.02. The Balaban J connectivity index is 1.47. The number of benzene rings is 1. The second-order valence-electron chi connectivity index (χ2n) is 7.72. The van der Waals surface area contributed by atoms with Crippen molar-refractivity contribution in [3.05, 3.63) is 66.9 Å². The van der Waals surface area contributed by atoms with Gasteiger partial charge >= 0.3 is 0 Å². The summed E-state index contributed by atoms with van der Waals surface area (Å²) < 4.78 is 15.2. The summed E-state index contributed by atoms with van der Waals surface area (Å²) in [5, 5.41) is 13.4. The van der Waals surface area contributed by atoms with E-state index in [0.29, 0.717) is 0 Å². The summed E-state index contributed by atoms with van der Waals surface area (Å²) >= 11 is 0. The van der Waals surface area contributed by atoms with E-state index in [-0.39, 0.29) is 18.0 Å². The summed E-state index contributed by atoms with van der Waals surface area (Å²) in [7, 11) is 0. The van der Waals surface area contributed by atoms with Crippen molar-refractivity contribution in [3.63, 3.8) is 0 Å². The van der Waals surface area contributed by atoms with E-state index >= 15 is 0 Å². The molecule has 0 aliphatic heterocycles. The molecular formula is C23H22FN5O. The number of hydrogen-bond donors (Lipinski definition) is 2. The summed E-state index contributed by atoms with van der Waals surface area (Å²) in [6, 6.07) is 14.2. The van der Waals surface area contributed by atoms with Crippen LogP contribution in [-0.4, -0.2) is 36.8 Å². The van der Waals surface area contributed by atoms with Gasteiger partial charge in [0.1, 0.15) is 23.5 Å². The third-order valence-corrected chi connectivity index (χ3v) is 5.56. The Bertz CT molecular complexity index is 1170. The molecule has 30 heavy (non-hydrogen) atoms. The van der Waals surface area contributed by atoms with E-state index in [1.807, 2.05) is 28.8 Å². The maximum Gasteiger partial charge on any atom is 0.166 e. The second-order valence-corrected chi connectivity index (χ2v) is 7.72. The number of pyridine rings is 2. The van der Waals surface area contributed by atoms with Crippen LogP contribution in [0.4, 0.5) is 10.2 Å². The molecule has 1 aliphatic carbocycles. The minimum atomic E-state index is -0.273. The average molecular weight is 403 g/mol. The van der Waals surface area contributed by atoms with Gasteiger partial charge in [-0.1, -0.05) is 0 Å². The molecular weight excluding hydrogens is 381 g/mol. The van der Waals surface area contributed by atoms with Crippen molar-refractivity contribution in [1.29, 1.82) is 0 Å². The molecule has 1 fully saturated rings. The van der Waals surface area contributed by atoms with E-state index in [1.165, 1.54) is 12.1 Å². The molecule has 0 saturated heterocycles. The van der Waals surface area contributed by atoms with E-state index in [1.54, 1.807) is 24.7 Å². The van der Waals surface area contributed by atoms with E-state index in [4.69, 9.17) is 4.98 Å². The number of anilines is 1. The molecule has 1 saturated carbocycles. The zero-order chi connectivity index (χ0) is 20.5. The molecule has 5 rings (SSSR count). The van der Waals surface area contributed by atoms with Crippen molar-refractivity contribution < 1.29 is 9.50 Å². The first-order valence-electron chi connectivity index (χ1n) is 10.2. The van der Waals surface area contributed by atoms with Crippen molar-refractivity contribution in [2.24, 2.45) is 0 Å². The maximum absolute atomic E-state index is 13.2. The molecule has 2 atom stereocenters. The van der Waals surface area contributed by atoms with Gasteiger partial charge in [-0.15, -0.1) is 0 Å². The number of imidazole rings is 1. The summed E-state index contributed by atoms with van der Waals surface area (Å²) in [4.78, 5) is 13.7. The fraction of sp³-hybridized carbons (Fsp3) is 0.261. The smallest absolute Gasteiger partial charge is 0.166 e. The van der Waals surface area contributed by atoms with Gasteiger partial charge in [-0.2, -0.15) is 0 Å². The molecule has 0 amide bonds. The highest BCUT2D eigenvalue weighted by atomic mass is 19.1. The van der Waals surface area contributed by atoms with Gasteiger partial charge in [-0.05, 0) is 74.2 Å². The standard InChI is InChI=1S/C23H22FN5O/c24-16-6-4-15(5-7-16)21-13-18(10-11-25-21)29-14-26-20-8-9-22(28-23(20)29)27-17-2-1-3-19(30)12-17/h4-11,13-14,17,19,30H,1-3,12H2,(H,27,28)/t17-,19-/m1/s1. The highest BCUT2D eigenvalue weighted by Crippen LogP contribution is 2.25. The van der Waals surface area contributed by atoms with Crippen LogP contribution in [0.25, 0.3) is 28.1 Å². The van der Waals surface area contributed by atoms with Crippen molar-refractivity contribution in [2.45, 2.75) is 37.8 Å². The predicted molar refractivity (Wildman–Crippen MR) is 114 cm³/mol. The molecule has 0 unspecified atom stereocenters. The maximum atomic E-state index is 13.2. The van der Waals surface area contributed by atoms with Gasteiger partial charge in [0.15, 0.2) is 5.65 Å². The minimum absolute atomic E-state index is 0.223. The Kier molecular flexibility index (Phi) is 4.88. The van der Waals surface area contributed by atoms with Crippen molar-refractivity contribution in [2.75, 3.05) is 5.32 Å². The van der Waals surface area contributed by atoms with E-state index < -0.39 is 0 Å². The first-order valence-corrected chi connectivity index (χ1v) is 10.2. The number of halogens is 1. The van der Waals surface area contributed by atoms with Gasteiger partial charge in [0.05, 0.1) is 17.5 Å². The Morgan fingerprint density at radius 3 is 2.73 bits per heavy atom. The van der Waals surface area contributed by atoms with E-state index in [0.717, 1.165) is 59.6 Å². The molecule has 0 spiro atoms. The second kappa shape index (κ2) is 7.84. The Labute approximate surface area is 173 Å². The monoisotopic (exact) mass is 403 g/mol. The highest BCUT2D eigenvalue weighted by Gasteiger charge is 2.20. The molecule has 152 valence electrons. The van der Waals surface area contributed by atoms with Crippen LogP contribution in [0.15, 0.2) is 61.1 Å². The van der Waals surface area contributed by atoms with Crippen LogP contribution in [0, 0.1) is 5.82 Å². The van der Waals surface area contributed by atoms with Gasteiger partial charge in [0, 0.05) is 17.8 Å². The highest BCUT2D eigenvalue weighted by molar-refractivity contribution is 5.75. The van der Waals surface area contributed by atoms with Crippen molar-refractivity contribution in [3.8, 4) is 16.9 Å². The number of nitrogens with zero attached hydrogens (tertiary/aromatic N) is 4. The predicted octanol–water partition coefficient (Wildman–Crippen LogP) is 4.34. The van der Waals surface area contributed by atoms with Gasteiger partial charge < -0.3 is 10.4 Å². The van der Waals surface area contributed by atoms with Gasteiger partial charge in [-0.25, -0.2) is 14.4 Å². The minimum Gasteiger partial charge on any atom is -0.393 e. The topological polar surface area (TPSA) is 75.9 Å².